The molecular formula is C11H14ClNO. The Morgan fingerprint density at radius 2 is 2.07 bits per heavy atom. The summed E-state index contributed by atoms with van der Waals surface area (Å²) >= 11 is 5.80. The summed E-state index contributed by atoms with van der Waals surface area (Å²) in [5, 5.41) is 4.20. The van der Waals surface area contributed by atoms with Gasteiger partial charge in [-0.15, -0.1) is 0 Å². The van der Waals surface area contributed by atoms with E-state index in [9.17, 15) is 0 Å². The van der Waals surface area contributed by atoms with Crippen LogP contribution in [0, 0.1) is 0 Å². The van der Waals surface area contributed by atoms with Crippen molar-refractivity contribution in [3.63, 3.8) is 0 Å². The van der Waals surface area contributed by atoms with Gasteiger partial charge in [0.2, 0.25) is 0 Å². The van der Waals surface area contributed by atoms with Gasteiger partial charge in [0.05, 0.1) is 12.1 Å². The fourth-order valence-electron chi connectivity index (χ4n) is 1.68. The quantitative estimate of drug-likeness (QED) is 0.812. The molecule has 2 rings (SSSR count). The predicted molar refractivity (Wildman–Crippen MR) is 58.9 cm³/mol. The molecule has 2 atom stereocenters. The Morgan fingerprint density at radius 3 is 2.64 bits per heavy atom. The summed E-state index contributed by atoms with van der Waals surface area (Å²) in [4.78, 5) is 0. The highest BCUT2D eigenvalue weighted by Gasteiger charge is 2.23. The minimum Gasteiger partial charge on any atom is -0.380 e. The lowest BCUT2D eigenvalue weighted by Gasteiger charge is -2.17. The maximum Gasteiger partial charge on any atom is 0.0748 e. The molecule has 2 nitrogen and oxygen atoms in total. The molecule has 1 aliphatic heterocycles. The number of nitrogens with one attached hydrogen (secondary N) is 1. The van der Waals surface area contributed by atoms with E-state index in [-0.39, 0.29) is 0 Å². The average Bonchev–Trinajstić information content (AvgIpc) is 2.56. The summed E-state index contributed by atoms with van der Waals surface area (Å²) in [7, 11) is 0. The lowest BCUT2D eigenvalue weighted by atomic mass is 10.1. The Morgan fingerprint density at radius 1 is 1.36 bits per heavy atom. The third kappa shape index (κ3) is 2.20. The first-order chi connectivity index (χ1) is 6.75. The highest BCUT2D eigenvalue weighted by molar-refractivity contribution is 6.30. The summed E-state index contributed by atoms with van der Waals surface area (Å²) in [5.41, 5.74) is 1.11. The van der Waals surface area contributed by atoms with Gasteiger partial charge in [-0.05, 0) is 37.6 Å². The number of anilines is 1. The van der Waals surface area contributed by atoms with E-state index in [0.29, 0.717) is 12.1 Å². The van der Waals surface area contributed by atoms with Crippen LogP contribution in [0.2, 0.25) is 5.02 Å². The molecule has 0 amide bonds. The number of halogens is 1. The van der Waals surface area contributed by atoms with Crippen LogP contribution >= 0.6 is 11.6 Å². The highest BCUT2D eigenvalue weighted by atomic mass is 35.5. The molecule has 1 fully saturated rings. The monoisotopic (exact) mass is 211 g/mol. The minimum atomic E-state index is 0.297. The number of hydrogen-bond donors (Lipinski definition) is 1. The van der Waals surface area contributed by atoms with Gasteiger partial charge >= 0.3 is 0 Å². The van der Waals surface area contributed by atoms with E-state index in [1.54, 1.807) is 0 Å². The molecule has 0 unspecified atom stereocenters. The molecule has 0 saturated carbocycles. The van der Waals surface area contributed by atoms with Gasteiger partial charge in [-0.3, -0.25) is 0 Å². The lowest BCUT2D eigenvalue weighted by molar-refractivity contribution is 0.121. The van der Waals surface area contributed by atoms with Crippen molar-refractivity contribution in [3.8, 4) is 0 Å². The van der Waals surface area contributed by atoms with Gasteiger partial charge in [0.25, 0.3) is 0 Å². The van der Waals surface area contributed by atoms with Crippen molar-refractivity contribution < 1.29 is 4.74 Å². The second-order valence-corrected chi connectivity index (χ2v) is 4.06. The lowest BCUT2D eigenvalue weighted by Crippen LogP contribution is -2.26. The topological polar surface area (TPSA) is 21.3 Å². The van der Waals surface area contributed by atoms with Crippen molar-refractivity contribution in [1.82, 2.24) is 0 Å². The zero-order valence-electron chi connectivity index (χ0n) is 8.16. The molecule has 14 heavy (non-hydrogen) atoms. The van der Waals surface area contributed by atoms with Crippen molar-refractivity contribution >= 4 is 17.3 Å². The van der Waals surface area contributed by atoms with E-state index in [4.69, 9.17) is 16.3 Å². The summed E-state index contributed by atoms with van der Waals surface area (Å²) in [5.74, 6) is 0. The van der Waals surface area contributed by atoms with Crippen LogP contribution in [0.1, 0.15) is 13.3 Å². The van der Waals surface area contributed by atoms with Gasteiger partial charge in [0, 0.05) is 17.3 Å². The number of benzene rings is 1. The van der Waals surface area contributed by atoms with Crippen molar-refractivity contribution in [3.05, 3.63) is 29.3 Å². The van der Waals surface area contributed by atoms with Gasteiger partial charge in [0.1, 0.15) is 0 Å². The van der Waals surface area contributed by atoms with Crippen LogP contribution in [0.5, 0.6) is 0 Å². The summed E-state index contributed by atoms with van der Waals surface area (Å²) in [6.07, 6.45) is 1.37. The van der Waals surface area contributed by atoms with E-state index in [1.165, 1.54) is 0 Å². The molecule has 0 aliphatic carbocycles. The second kappa shape index (κ2) is 4.20. The minimum absolute atomic E-state index is 0.297. The average molecular weight is 212 g/mol. The summed E-state index contributed by atoms with van der Waals surface area (Å²) < 4.78 is 5.47. The molecule has 1 saturated heterocycles. The fourth-order valence-corrected chi connectivity index (χ4v) is 1.81. The van der Waals surface area contributed by atoms with E-state index in [0.717, 1.165) is 23.7 Å². The zero-order valence-corrected chi connectivity index (χ0v) is 8.92. The van der Waals surface area contributed by atoms with Crippen LogP contribution in [0.15, 0.2) is 24.3 Å². The fraction of sp³-hybridized carbons (Fsp3) is 0.455. The molecular weight excluding hydrogens is 198 g/mol. The van der Waals surface area contributed by atoms with E-state index < -0.39 is 0 Å². The van der Waals surface area contributed by atoms with E-state index in [2.05, 4.69) is 12.2 Å². The standard InChI is InChI=1S/C11H14ClNO/c1-8-11(6-7-14-8)13-10-4-2-9(12)3-5-10/h2-5,8,11,13H,6-7H2,1H3/t8-,11+/m1/s1. The normalized spacial score (nSPS) is 26.4. The maximum absolute atomic E-state index is 5.80. The smallest absolute Gasteiger partial charge is 0.0748 e. The second-order valence-electron chi connectivity index (χ2n) is 3.62. The van der Waals surface area contributed by atoms with Crippen LogP contribution in [0.3, 0.4) is 0 Å². The Balaban J connectivity index is 2.00. The number of ether oxygens (including phenoxy) is 1. The van der Waals surface area contributed by atoms with Crippen molar-refractivity contribution in [2.45, 2.75) is 25.5 Å². The Bertz CT molecular complexity index is 299. The number of hydrogen-bond acceptors (Lipinski definition) is 2. The highest BCUT2D eigenvalue weighted by Crippen LogP contribution is 2.20. The molecule has 1 aromatic carbocycles. The maximum atomic E-state index is 5.80. The summed E-state index contributed by atoms with van der Waals surface area (Å²) in [6, 6.07) is 8.20. The van der Waals surface area contributed by atoms with Crippen molar-refractivity contribution in [2.24, 2.45) is 0 Å². The first-order valence-electron chi connectivity index (χ1n) is 4.89. The molecule has 0 spiro atoms. The Labute approximate surface area is 89.2 Å². The molecule has 0 radical (unpaired) electrons. The van der Waals surface area contributed by atoms with Crippen LogP contribution in [-0.4, -0.2) is 18.8 Å². The molecule has 1 aromatic rings. The molecule has 0 bridgehead atoms. The number of rotatable bonds is 2. The van der Waals surface area contributed by atoms with Crippen molar-refractivity contribution in [2.75, 3.05) is 11.9 Å². The third-order valence-electron chi connectivity index (χ3n) is 2.57. The Kier molecular flexibility index (Phi) is 2.94. The van der Waals surface area contributed by atoms with Crippen molar-refractivity contribution in [1.29, 1.82) is 0 Å². The molecule has 76 valence electrons. The zero-order chi connectivity index (χ0) is 9.97. The summed E-state index contributed by atoms with van der Waals surface area (Å²) in [6.45, 7) is 2.95. The van der Waals surface area contributed by atoms with Gasteiger partial charge in [0.15, 0.2) is 0 Å². The molecule has 1 N–H and O–H groups in total. The molecule has 0 aromatic heterocycles. The molecule has 1 aliphatic rings. The van der Waals surface area contributed by atoms with E-state index in [1.807, 2.05) is 24.3 Å². The van der Waals surface area contributed by atoms with Gasteiger partial charge < -0.3 is 10.1 Å². The largest absolute Gasteiger partial charge is 0.380 e. The van der Waals surface area contributed by atoms with E-state index >= 15 is 0 Å². The van der Waals surface area contributed by atoms with Crippen LogP contribution < -0.4 is 5.32 Å². The van der Waals surface area contributed by atoms with Crippen LogP contribution in [0.4, 0.5) is 5.69 Å². The van der Waals surface area contributed by atoms with Gasteiger partial charge in [-0.1, -0.05) is 11.6 Å². The van der Waals surface area contributed by atoms with Gasteiger partial charge in [-0.25, -0.2) is 0 Å². The van der Waals surface area contributed by atoms with Gasteiger partial charge in [-0.2, -0.15) is 0 Å². The Hall–Kier alpha value is -0.730. The SMILES string of the molecule is C[C@H]1OCC[C@@H]1Nc1ccc(Cl)cc1. The predicted octanol–water partition coefficient (Wildman–Crippen LogP) is 2.93. The first-order valence-corrected chi connectivity index (χ1v) is 5.27. The molecule has 1 heterocycles. The third-order valence-corrected chi connectivity index (χ3v) is 2.82. The first kappa shape index (κ1) is 9.81. The molecule has 3 heteroatoms. The van der Waals surface area contributed by atoms with Crippen LogP contribution in [-0.2, 0) is 4.74 Å². The van der Waals surface area contributed by atoms with Crippen LogP contribution in [0.25, 0.3) is 0 Å².